The van der Waals surface area contributed by atoms with Crippen molar-refractivity contribution in [3.63, 3.8) is 0 Å². The summed E-state index contributed by atoms with van der Waals surface area (Å²) < 4.78 is 11.4. The summed E-state index contributed by atoms with van der Waals surface area (Å²) in [6.45, 7) is 0. The molecule has 2 fully saturated rings. The van der Waals surface area contributed by atoms with Gasteiger partial charge in [-0.15, -0.1) is 0 Å². The lowest BCUT2D eigenvalue weighted by Crippen LogP contribution is -2.55. The van der Waals surface area contributed by atoms with Gasteiger partial charge in [-0.1, -0.05) is 36.8 Å². The normalized spacial score (nSPS) is 24.1. The molecule has 1 saturated carbocycles. The Labute approximate surface area is 154 Å². The number of nitrogens with zero attached hydrogens (tertiary/aromatic N) is 1. The van der Waals surface area contributed by atoms with Crippen molar-refractivity contribution in [2.75, 3.05) is 12.0 Å². The molecule has 2 atom stereocenters. The molecule has 2 aromatic carbocycles. The van der Waals surface area contributed by atoms with Crippen LogP contribution in [0, 0.1) is 0 Å². The molecule has 2 unspecified atom stereocenters. The van der Waals surface area contributed by atoms with E-state index in [4.69, 9.17) is 9.47 Å². The van der Waals surface area contributed by atoms with Crippen LogP contribution in [0.5, 0.6) is 5.75 Å². The molecule has 134 valence electrons. The van der Waals surface area contributed by atoms with Crippen LogP contribution in [0.1, 0.15) is 31.2 Å². The maximum absolute atomic E-state index is 13.2. The van der Waals surface area contributed by atoms with Gasteiger partial charge in [0.05, 0.1) is 13.2 Å². The molecule has 4 nitrogen and oxygen atoms in total. The molecule has 0 N–H and O–H groups in total. The molecule has 0 bridgehead atoms. The monoisotopic (exact) mass is 349 g/mol. The summed E-state index contributed by atoms with van der Waals surface area (Å²) in [4.78, 5) is 15.1. The van der Waals surface area contributed by atoms with Crippen LogP contribution in [0.25, 0.3) is 6.08 Å². The van der Waals surface area contributed by atoms with E-state index in [2.05, 4.69) is 0 Å². The van der Waals surface area contributed by atoms with E-state index in [9.17, 15) is 4.79 Å². The van der Waals surface area contributed by atoms with Crippen molar-refractivity contribution in [1.29, 1.82) is 0 Å². The van der Waals surface area contributed by atoms with Crippen molar-refractivity contribution in [1.82, 2.24) is 0 Å². The average molecular weight is 349 g/mol. The molecule has 26 heavy (non-hydrogen) atoms. The zero-order chi connectivity index (χ0) is 17.9. The number of benzene rings is 2. The maximum atomic E-state index is 13.2. The number of anilines is 1. The Morgan fingerprint density at radius 3 is 2.50 bits per heavy atom. The van der Waals surface area contributed by atoms with Gasteiger partial charge in [0.1, 0.15) is 11.9 Å². The molecule has 1 heterocycles. The first-order valence-electron chi connectivity index (χ1n) is 9.17. The molecule has 1 aliphatic carbocycles. The van der Waals surface area contributed by atoms with Crippen LogP contribution in [0.2, 0.25) is 0 Å². The summed E-state index contributed by atoms with van der Waals surface area (Å²) in [5.41, 5.74) is 1.87. The lowest BCUT2D eigenvalue weighted by atomic mass is 9.89. The molecule has 0 spiro atoms. The molecule has 1 aliphatic heterocycles. The Morgan fingerprint density at radius 1 is 1.04 bits per heavy atom. The number of rotatable bonds is 3. The van der Waals surface area contributed by atoms with Crippen LogP contribution in [0.15, 0.2) is 60.4 Å². The van der Waals surface area contributed by atoms with Crippen LogP contribution < -0.4 is 9.64 Å². The zero-order valence-corrected chi connectivity index (χ0v) is 14.9. The Morgan fingerprint density at radius 2 is 1.77 bits per heavy atom. The second kappa shape index (κ2) is 7.24. The first-order valence-corrected chi connectivity index (χ1v) is 9.17. The van der Waals surface area contributed by atoms with Crippen LogP contribution >= 0.6 is 0 Å². The fraction of sp³-hybridized carbons (Fsp3) is 0.318. The van der Waals surface area contributed by atoms with E-state index in [1.54, 1.807) is 7.11 Å². The Kier molecular flexibility index (Phi) is 4.65. The molecule has 2 aliphatic rings. The topological polar surface area (TPSA) is 38.8 Å². The minimum Gasteiger partial charge on any atom is -0.497 e. The van der Waals surface area contributed by atoms with Gasteiger partial charge in [-0.3, -0.25) is 9.69 Å². The minimum absolute atomic E-state index is 0.0600. The minimum atomic E-state index is -0.0600. The first-order chi connectivity index (χ1) is 12.8. The van der Waals surface area contributed by atoms with Crippen molar-refractivity contribution in [2.45, 2.75) is 37.8 Å². The Balaban J connectivity index is 1.69. The average Bonchev–Trinajstić information content (AvgIpc) is 2.70. The van der Waals surface area contributed by atoms with Gasteiger partial charge >= 0.3 is 0 Å². The predicted molar refractivity (Wildman–Crippen MR) is 102 cm³/mol. The number of para-hydroxylation sites is 1. The molecule has 1 saturated heterocycles. The van der Waals surface area contributed by atoms with Gasteiger partial charge in [0.2, 0.25) is 0 Å². The number of ether oxygens (including phenoxy) is 2. The fourth-order valence-corrected chi connectivity index (χ4v) is 3.84. The number of hydrogen-bond donors (Lipinski definition) is 0. The van der Waals surface area contributed by atoms with Crippen molar-refractivity contribution < 1.29 is 14.3 Å². The van der Waals surface area contributed by atoms with Crippen LogP contribution in [-0.4, -0.2) is 25.2 Å². The highest BCUT2D eigenvalue weighted by atomic mass is 16.5. The van der Waals surface area contributed by atoms with Crippen LogP contribution in [0.3, 0.4) is 0 Å². The molecular formula is C22H23NO3. The number of methoxy groups -OCH3 is 1. The van der Waals surface area contributed by atoms with Gasteiger partial charge in [-0.2, -0.15) is 0 Å². The van der Waals surface area contributed by atoms with Gasteiger partial charge in [0, 0.05) is 5.69 Å². The summed E-state index contributed by atoms with van der Waals surface area (Å²) in [5, 5.41) is 0. The third-order valence-electron chi connectivity index (χ3n) is 5.16. The van der Waals surface area contributed by atoms with Gasteiger partial charge in [-0.05, 0) is 55.2 Å². The lowest BCUT2D eigenvalue weighted by Gasteiger charge is -2.44. The van der Waals surface area contributed by atoms with Gasteiger partial charge in [0.25, 0.3) is 5.91 Å². The summed E-state index contributed by atoms with van der Waals surface area (Å²) in [6.07, 6.45) is 6.16. The smallest absolute Gasteiger partial charge is 0.293 e. The standard InChI is InChI=1S/C22H23NO3/c1-25-18-13-11-16(12-14-18)15-21-22(24)23(17-7-3-2-4-8-17)19-9-5-6-10-20(19)26-21/h2-4,7-8,11-15,19-20H,5-6,9-10H2,1H3. The number of morpholine rings is 1. The summed E-state index contributed by atoms with van der Waals surface area (Å²) in [6, 6.07) is 17.7. The number of fused-ring (bicyclic) bond motifs is 1. The molecule has 0 aromatic heterocycles. The van der Waals surface area contributed by atoms with Gasteiger partial charge < -0.3 is 9.47 Å². The third-order valence-corrected chi connectivity index (χ3v) is 5.16. The highest BCUT2D eigenvalue weighted by Gasteiger charge is 2.42. The summed E-state index contributed by atoms with van der Waals surface area (Å²) in [5.74, 6) is 1.15. The van der Waals surface area contributed by atoms with Crippen molar-refractivity contribution >= 4 is 17.7 Å². The highest BCUT2D eigenvalue weighted by molar-refractivity contribution is 6.08. The van der Waals surface area contributed by atoms with E-state index in [0.29, 0.717) is 5.76 Å². The van der Waals surface area contributed by atoms with E-state index in [1.165, 1.54) is 0 Å². The third kappa shape index (κ3) is 3.19. The Hall–Kier alpha value is -2.75. The number of hydrogen-bond acceptors (Lipinski definition) is 3. The van der Waals surface area contributed by atoms with Gasteiger partial charge in [-0.25, -0.2) is 0 Å². The number of carbonyl (C=O) groups excluding carboxylic acids is 1. The summed E-state index contributed by atoms with van der Waals surface area (Å²) in [7, 11) is 1.64. The molecule has 2 aromatic rings. The molecule has 1 amide bonds. The maximum Gasteiger partial charge on any atom is 0.293 e. The molecule has 0 radical (unpaired) electrons. The van der Waals surface area contributed by atoms with E-state index in [0.717, 1.165) is 42.7 Å². The number of amides is 1. The second-order valence-electron chi connectivity index (χ2n) is 6.80. The van der Waals surface area contributed by atoms with Crippen LogP contribution in [0.4, 0.5) is 5.69 Å². The Bertz CT molecular complexity index is 798. The van der Waals surface area contributed by atoms with E-state index >= 15 is 0 Å². The van der Waals surface area contributed by atoms with E-state index in [1.807, 2.05) is 65.6 Å². The molecular weight excluding hydrogens is 326 g/mol. The fourth-order valence-electron chi connectivity index (χ4n) is 3.84. The van der Waals surface area contributed by atoms with E-state index in [-0.39, 0.29) is 18.1 Å². The number of carbonyl (C=O) groups is 1. The van der Waals surface area contributed by atoms with Crippen molar-refractivity contribution in [2.24, 2.45) is 0 Å². The second-order valence-corrected chi connectivity index (χ2v) is 6.80. The molecule has 4 rings (SSSR count). The quantitative estimate of drug-likeness (QED) is 0.771. The first kappa shape index (κ1) is 16.7. The van der Waals surface area contributed by atoms with Crippen molar-refractivity contribution in [3.8, 4) is 5.75 Å². The highest BCUT2D eigenvalue weighted by Crippen LogP contribution is 2.36. The lowest BCUT2D eigenvalue weighted by molar-refractivity contribution is -0.125. The zero-order valence-electron chi connectivity index (χ0n) is 14.9. The largest absolute Gasteiger partial charge is 0.497 e. The van der Waals surface area contributed by atoms with Crippen LogP contribution in [-0.2, 0) is 9.53 Å². The summed E-state index contributed by atoms with van der Waals surface area (Å²) >= 11 is 0. The predicted octanol–water partition coefficient (Wildman–Crippen LogP) is 4.41. The SMILES string of the molecule is COc1ccc(C=C2OC3CCCCC3N(c3ccccc3)C2=O)cc1. The van der Waals surface area contributed by atoms with Crippen molar-refractivity contribution in [3.05, 3.63) is 65.9 Å². The van der Waals surface area contributed by atoms with Gasteiger partial charge in [0.15, 0.2) is 5.76 Å². The molecule has 4 heteroatoms. The van der Waals surface area contributed by atoms with E-state index < -0.39 is 0 Å².